The van der Waals surface area contributed by atoms with Gasteiger partial charge in [0.05, 0.1) is 5.39 Å². The predicted octanol–water partition coefficient (Wildman–Crippen LogP) is 1.41. The number of benzene rings is 1. The molecule has 29 heavy (non-hydrogen) atoms. The second kappa shape index (κ2) is 7.50. The summed E-state index contributed by atoms with van der Waals surface area (Å²) in [6, 6.07) is 6.84. The molecule has 1 aliphatic rings. The maximum Gasteiger partial charge on any atom is 0.332 e. The minimum absolute atomic E-state index is 0.0348. The van der Waals surface area contributed by atoms with Crippen LogP contribution >= 0.6 is 0 Å². The van der Waals surface area contributed by atoms with E-state index in [4.69, 9.17) is 9.47 Å². The molecule has 4 rings (SSSR count). The zero-order valence-corrected chi connectivity index (χ0v) is 16.3. The van der Waals surface area contributed by atoms with Gasteiger partial charge in [0.2, 0.25) is 5.91 Å². The van der Waals surface area contributed by atoms with E-state index in [2.05, 4.69) is 5.32 Å². The summed E-state index contributed by atoms with van der Waals surface area (Å²) in [5.41, 5.74) is 0.310. The average molecular weight is 398 g/mol. The summed E-state index contributed by atoms with van der Waals surface area (Å²) in [5, 5.41) is 3.24. The summed E-state index contributed by atoms with van der Waals surface area (Å²) in [6.45, 7) is 5.20. The van der Waals surface area contributed by atoms with Gasteiger partial charge < -0.3 is 19.4 Å². The second-order valence-electron chi connectivity index (χ2n) is 6.66. The number of carbonyl (C=O) groups is 1. The topological polar surface area (TPSA) is 96.5 Å². The molecular weight excluding hydrogens is 376 g/mol. The lowest BCUT2D eigenvalue weighted by molar-refractivity contribution is -0.116. The molecule has 1 N–H and O–H groups in total. The number of ether oxygens (including phenoxy) is 2. The zero-order chi connectivity index (χ0) is 20.5. The lowest BCUT2D eigenvalue weighted by Crippen LogP contribution is -2.39. The fourth-order valence-corrected chi connectivity index (χ4v) is 3.57. The summed E-state index contributed by atoms with van der Waals surface area (Å²) < 4.78 is 15.3. The largest absolute Gasteiger partial charge is 0.486 e. The number of nitrogens with one attached hydrogen (secondary N) is 1. The Hall–Kier alpha value is -3.49. The van der Waals surface area contributed by atoms with Crippen LogP contribution in [0.4, 0.5) is 5.69 Å². The molecule has 0 bridgehead atoms. The van der Waals surface area contributed by atoms with Crippen molar-refractivity contribution in [2.24, 2.45) is 0 Å². The van der Waals surface area contributed by atoms with E-state index >= 15 is 0 Å². The van der Waals surface area contributed by atoms with Gasteiger partial charge in [0, 0.05) is 31.0 Å². The second-order valence-corrected chi connectivity index (χ2v) is 6.66. The Labute approximate surface area is 166 Å². The average Bonchev–Trinajstić information content (AvgIpc) is 3.12. The smallest absolute Gasteiger partial charge is 0.332 e. The fourth-order valence-electron chi connectivity index (χ4n) is 3.57. The van der Waals surface area contributed by atoms with Crippen molar-refractivity contribution in [1.29, 1.82) is 0 Å². The first-order chi connectivity index (χ1) is 14.0. The number of fused-ring (bicyclic) bond motifs is 2. The highest BCUT2D eigenvalue weighted by molar-refractivity contribution is 5.92. The van der Waals surface area contributed by atoms with Crippen LogP contribution in [-0.4, -0.2) is 32.8 Å². The van der Waals surface area contributed by atoms with E-state index in [1.807, 2.05) is 6.92 Å². The zero-order valence-electron chi connectivity index (χ0n) is 16.3. The van der Waals surface area contributed by atoms with Gasteiger partial charge in [-0.2, -0.15) is 0 Å². The maximum atomic E-state index is 12.6. The molecule has 1 aromatic carbocycles. The predicted molar refractivity (Wildman–Crippen MR) is 108 cm³/mol. The lowest BCUT2D eigenvalue weighted by atomic mass is 10.2. The van der Waals surface area contributed by atoms with Gasteiger partial charge in [-0.25, -0.2) is 4.79 Å². The molecule has 1 aliphatic heterocycles. The van der Waals surface area contributed by atoms with Crippen molar-refractivity contribution >= 4 is 22.6 Å². The molecule has 0 radical (unpaired) electrons. The number of rotatable bonds is 5. The third kappa shape index (κ3) is 3.28. The summed E-state index contributed by atoms with van der Waals surface area (Å²) in [6.07, 6.45) is 1.65. The maximum absolute atomic E-state index is 12.6. The Bertz CT molecular complexity index is 1200. The van der Waals surface area contributed by atoms with Crippen LogP contribution in [0.25, 0.3) is 11.0 Å². The van der Waals surface area contributed by atoms with Crippen LogP contribution in [0, 0.1) is 0 Å². The summed E-state index contributed by atoms with van der Waals surface area (Å²) in [7, 11) is 0. The monoisotopic (exact) mass is 398 g/mol. The first kappa shape index (κ1) is 18.9. The van der Waals surface area contributed by atoms with E-state index in [1.54, 1.807) is 42.0 Å². The molecule has 9 heteroatoms. The molecule has 0 atom stereocenters. The Morgan fingerprint density at radius 1 is 1.03 bits per heavy atom. The van der Waals surface area contributed by atoms with Crippen LogP contribution in [-0.2, 0) is 24.4 Å². The third-order valence-electron chi connectivity index (χ3n) is 4.90. The number of amides is 1. The van der Waals surface area contributed by atoms with Crippen molar-refractivity contribution in [1.82, 2.24) is 13.7 Å². The van der Waals surface area contributed by atoms with Gasteiger partial charge in [-0.05, 0) is 32.0 Å². The quantitative estimate of drug-likeness (QED) is 0.701. The summed E-state index contributed by atoms with van der Waals surface area (Å²) in [4.78, 5) is 37.8. The number of aromatic nitrogens is 3. The Morgan fingerprint density at radius 3 is 2.48 bits per heavy atom. The molecule has 0 unspecified atom stereocenters. The van der Waals surface area contributed by atoms with Crippen molar-refractivity contribution in [2.75, 3.05) is 18.5 Å². The molecule has 0 aliphatic carbocycles. The van der Waals surface area contributed by atoms with Crippen LogP contribution < -0.4 is 26.0 Å². The third-order valence-corrected chi connectivity index (χ3v) is 4.90. The number of anilines is 1. The highest BCUT2D eigenvalue weighted by Gasteiger charge is 2.17. The standard InChI is InChI=1S/C20H22N4O5/c1-3-23-18-14(19(26)24(4-2)20(23)27)7-8-22(18)12-17(25)21-13-5-6-15-16(11-13)29-10-9-28-15/h5-8,11H,3-4,9-10,12H2,1-2H3,(H,21,25). The van der Waals surface area contributed by atoms with Crippen molar-refractivity contribution in [3.05, 3.63) is 51.3 Å². The molecule has 0 saturated heterocycles. The molecule has 2 aromatic heterocycles. The van der Waals surface area contributed by atoms with Gasteiger partial charge in [0.1, 0.15) is 25.4 Å². The van der Waals surface area contributed by atoms with Crippen LogP contribution in [0.3, 0.4) is 0 Å². The number of nitrogens with zero attached hydrogens (tertiary/aromatic N) is 3. The van der Waals surface area contributed by atoms with Gasteiger partial charge in [-0.1, -0.05) is 0 Å². The lowest BCUT2D eigenvalue weighted by Gasteiger charge is -2.19. The first-order valence-corrected chi connectivity index (χ1v) is 9.55. The minimum Gasteiger partial charge on any atom is -0.486 e. The minimum atomic E-state index is -0.375. The van der Waals surface area contributed by atoms with Gasteiger partial charge in [-0.3, -0.25) is 18.7 Å². The molecule has 9 nitrogen and oxygen atoms in total. The normalized spacial score (nSPS) is 12.9. The van der Waals surface area contributed by atoms with Gasteiger partial charge in [-0.15, -0.1) is 0 Å². The number of carbonyl (C=O) groups excluding carboxylic acids is 1. The molecule has 0 saturated carbocycles. The summed E-state index contributed by atoms with van der Waals surface area (Å²) in [5.74, 6) is 0.944. The molecule has 0 fully saturated rings. The first-order valence-electron chi connectivity index (χ1n) is 9.55. The van der Waals surface area contributed by atoms with E-state index in [0.29, 0.717) is 54.5 Å². The van der Waals surface area contributed by atoms with Crippen LogP contribution in [0.1, 0.15) is 13.8 Å². The van der Waals surface area contributed by atoms with Crippen LogP contribution in [0.2, 0.25) is 0 Å². The van der Waals surface area contributed by atoms with E-state index in [1.165, 1.54) is 9.13 Å². The Balaban J connectivity index is 1.63. The molecule has 0 spiro atoms. The molecular formula is C20H22N4O5. The van der Waals surface area contributed by atoms with Crippen molar-refractivity contribution in [3.63, 3.8) is 0 Å². The van der Waals surface area contributed by atoms with Crippen molar-refractivity contribution in [2.45, 2.75) is 33.5 Å². The molecule has 3 aromatic rings. The highest BCUT2D eigenvalue weighted by atomic mass is 16.6. The van der Waals surface area contributed by atoms with E-state index in [0.717, 1.165) is 0 Å². The van der Waals surface area contributed by atoms with E-state index < -0.39 is 0 Å². The van der Waals surface area contributed by atoms with Gasteiger partial charge >= 0.3 is 5.69 Å². The Morgan fingerprint density at radius 2 is 1.76 bits per heavy atom. The van der Waals surface area contributed by atoms with Gasteiger partial charge in [0.25, 0.3) is 5.56 Å². The number of hydrogen-bond donors (Lipinski definition) is 1. The van der Waals surface area contributed by atoms with Crippen LogP contribution in [0.15, 0.2) is 40.1 Å². The summed E-state index contributed by atoms with van der Waals surface area (Å²) >= 11 is 0. The highest BCUT2D eigenvalue weighted by Crippen LogP contribution is 2.32. The van der Waals surface area contributed by atoms with Crippen molar-refractivity contribution < 1.29 is 14.3 Å². The number of hydrogen-bond acceptors (Lipinski definition) is 5. The SMILES string of the molecule is CCn1c(=O)c2ccn(CC(=O)Nc3ccc4c(c3)OCCO4)c2n(CC)c1=O. The Kier molecular flexibility index (Phi) is 4.87. The molecule has 1 amide bonds. The van der Waals surface area contributed by atoms with Gasteiger partial charge in [0.15, 0.2) is 11.5 Å². The van der Waals surface area contributed by atoms with E-state index in [-0.39, 0.29) is 23.7 Å². The molecule has 3 heterocycles. The van der Waals surface area contributed by atoms with E-state index in [9.17, 15) is 14.4 Å². The number of aryl methyl sites for hydroxylation is 1. The van der Waals surface area contributed by atoms with Crippen molar-refractivity contribution in [3.8, 4) is 11.5 Å². The fraction of sp³-hybridized carbons (Fsp3) is 0.350. The van der Waals surface area contributed by atoms with Crippen LogP contribution in [0.5, 0.6) is 11.5 Å². The molecule has 152 valence electrons.